The molecule has 0 atom stereocenters. The first-order valence-corrected chi connectivity index (χ1v) is 9.64. The Morgan fingerprint density at radius 2 is 1.12 bits per heavy atom. The number of rotatable bonds is 7. The fourth-order valence-corrected chi connectivity index (χ4v) is 3.40. The van der Waals surface area contributed by atoms with E-state index in [4.69, 9.17) is 28.4 Å². The van der Waals surface area contributed by atoms with E-state index in [1.165, 1.54) is 42.3 Å². The molecule has 0 spiro atoms. The molecule has 168 valence electrons. The zero-order chi connectivity index (χ0) is 23.4. The maximum Gasteiger partial charge on any atom is 0.308 e. The highest BCUT2D eigenvalue weighted by Crippen LogP contribution is 2.47. The second-order valence-electron chi connectivity index (χ2n) is 6.76. The van der Waals surface area contributed by atoms with Gasteiger partial charge in [0.05, 0.1) is 28.4 Å². The third-order valence-electron chi connectivity index (χ3n) is 4.75. The van der Waals surface area contributed by atoms with Crippen LogP contribution in [0.4, 0.5) is 0 Å². The van der Waals surface area contributed by atoms with E-state index in [9.17, 15) is 9.59 Å². The normalized spacial score (nSPS) is 10.4. The second kappa shape index (κ2) is 9.47. The number of ether oxygens (including phenoxy) is 6. The Hall–Kier alpha value is -3.94. The van der Waals surface area contributed by atoms with Crippen LogP contribution >= 0.6 is 0 Å². The lowest BCUT2D eigenvalue weighted by atomic mass is 9.97. The first-order chi connectivity index (χ1) is 15.3. The fraction of sp³-hybridized carbons (Fsp3) is 0.250. The predicted octanol–water partition coefficient (Wildman–Crippen LogP) is 4.39. The summed E-state index contributed by atoms with van der Waals surface area (Å²) in [6.45, 7) is 2.62. The SMILES string of the molecule is COc1ccc(-c2cc(OC(C)=O)c3cc(OC)c(OC)cc3c2OC(C)=O)cc1OC. The topological polar surface area (TPSA) is 89.5 Å². The quantitative estimate of drug-likeness (QED) is 0.395. The molecule has 0 amide bonds. The summed E-state index contributed by atoms with van der Waals surface area (Å²) in [6, 6.07) is 10.2. The van der Waals surface area contributed by atoms with Gasteiger partial charge in [0.15, 0.2) is 23.0 Å². The molecule has 0 aliphatic heterocycles. The van der Waals surface area contributed by atoms with E-state index >= 15 is 0 Å². The average molecular weight is 440 g/mol. The maximum atomic E-state index is 12.0. The van der Waals surface area contributed by atoms with Crippen molar-refractivity contribution in [3.05, 3.63) is 36.4 Å². The van der Waals surface area contributed by atoms with Crippen molar-refractivity contribution in [1.29, 1.82) is 0 Å². The molecule has 0 N–H and O–H groups in total. The second-order valence-corrected chi connectivity index (χ2v) is 6.76. The molecule has 0 saturated carbocycles. The van der Waals surface area contributed by atoms with Crippen LogP contribution in [0.3, 0.4) is 0 Å². The molecule has 0 aliphatic rings. The summed E-state index contributed by atoms with van der Waals surface area (Å²) in [7, 11) is 6.06. The monoisotopic (exact) mass is 440 g/mol. The first kappa shape index (κ1) is 22.7. The van der Waals surface area contributed by atoms with Crippen LogP contribution in [0.1, 0.15) is 13.8 Å². The minimum Gasteiger partial charge on any atom is -0.493 e. The Balaban J connectivity index is 2.43. The Labute approximate surface area is 185 Å². The summed E-state index contributed by atoms with van der Waals surface area (Å²) in [5.41, 5.74) is 1.17. The van der Waals surface area contributed by atoms with Crippen LogP contribution in [0.2, 0.25) is 0 Å². The number of esters is 2. The number of carbonyl (C=O) groups is 2. The van der Waals surface area contributed by atoms with Gasteiger partial charge in [-0.05, 0) is 35.9 Å². The van der Waals surface area contributed by atoms with E-state index in [0.717, 1.165) is 0 Å². The largest absolute Gasteiger partial charge is 0.493 e. The molecule has 0 unspecified atom stereocenters. The Morgan fingerprint density at radius 3 is 1.66 bits per heavy atom. The van der Waals surface area contributed by atoms with Crippen LogP contribution in [0, 0.1) is 0 Å². The summed E-state index contributed by atoms with van der Waals surface area (Å²) >= 11 is 0. The van der Waals surface area contributed by atoms with E-state index in [2.05, 4.69) is 0 Å². The van der Waals surface area contributed by atoms with Crippen molar-refractivity contribution in [2.45, 2.75) is 13.8 Å². The molecular weight excluding hydrogens is 416 g/mol. The summed E-state index contributed by atoms with van der Waals surface area (Å²) in [4.78, 5) is 23.8. The van der Waals surface area contributed by atoms with Crippen LogP contribution < -0.4 is 28.4 Å². The molecule has 0 aromatic heterocycles. The highest BCUT2D eigenvalue weighted by Gasteiger charge is 2.22. The fourth-order valence-electron chi connectivity index (χ4n) is 3.40. The predicted molar refractivity (Wildman–Crippen MR) is 118 cm³/mol. The molecule has 0 saturated heterocycles. The third kappa shape index (κ3) is 4.39. The molecule has 0 fully saturated rings. The highest BCUT2D eigenvalue weighted by atomic mass is 16.5. The molecular formula is C24H24O8. The summed E-state index contributed by atoms with van der Waals surface area (Å²) in [5, 5.41) is 1.01. The van der Waals surface area contributed by atoms with Crippen molar-refractivity contribution in [1.82, 2.24) is 0 Å². The van der Waals surface area contributed by atoms with Crippen molar-refractivity contribution in [3.63, 3.8) is 0 Å². The molecule has 0 heterocycles. The lowest BCUT2D eigenvalue weighted by Crippen LogP contribution is -2.07. The third-order valence-corrected chi connectivity index (χ3v) is 4.75. The van der Waals surface area contributed by atoms with Gasteiger partial charge in [0.2, 0.25) is 0 Å². The van der Waals surface area contributed by atoms with Gasteiger partial charge in [0.25, 0.3) is 0 Å². The number of methoxy groups -OCH3 is 4. The number of hydrogen-bond acceptors (Lipinski definition) is 8. The molecule has 0 bridgehead atoms. The number of carbonyl (C=O) groups excluding carboxylic acids is 2. The number of hydrogen-bond donors (Lipinski definition) is 0. The van der Waals surface area contributed by atoms with Crippen molar-refractivity contribution < 1.29 is 38.0 Å². The Kier molecular flexibility index (Phi) is 6.73. The number of fused-ring (bicyclic) bond motifs is 1. The van der Waals surface area contributed by atoms with Gasteiger partial charge in [0, 0.05) is 30.2 Å². The van der Waals surface area contributed by atoms with E-state index in [-0.39, 0.29) is 11.5 Å². The lowest BCUT2D eigenvalue weighted by molar-refractivity contribution is -0.132. The van der Waals surface area contributed by atoms with E-state index in [1.807, 2.05) is 0 Å². The van der Waals surface area contributed by atoms with Crippen molar-refractivity contribution in [2.24, 2.45) is 0 Å². The van der Waals surface area contributed by atoms with Crippen molar-refractivity contribution in [3.8, 4) is 45.6 Å². The van der Waals surface area contributed by atoms with Crippen LogP contribution in [-0.2, 0) is 9.59 Å². The average Bonchev–Trinajstić information content (AvgIpc) is 2.78. The molecule has 3 aromatic carbocycles. The molecule has 8 heteroatoms. The first-order valence-electron chi connectivity index (χ1n) is 9.64. The van der Waals surface area contributed by atoms with Gasteiger partial charge in [-0.1, -0.05) is 6.07 Å². The van der Waals surface area contributed by atoms with Crippen molar-refractivity contribution in [2.75, 3.05) is 28.4 Å². The van der Waals surface area contributed by atoms with Gasteiger partial charge in [0.1, 0.15) is 11.5 Å². The summed E-state index contributed by atoms with van der Waals surface area (Å²) in [6.07, 6.45) is 0. The maximum absolute atomic E-state index is 12.0. The van der Waals surface area contributed by atoms with Gasteiger partial charge in [-0.25, -0.2) is 0 Å². The summed E-state index contributed by atoms with van der Waals surface area (Å²) < 4.78 is 32.7. The summed E-state index contributed by atoms with van der Waals surface area (Å²) in [5.74, 6) is 1.42. The van der Waals surface area contributed by atoms with Gasteiger partial charge in [-0.15, -0.1) is 0 Å². The Morgan fingerprint density at radius 1 is 0.594 bits per heavy atom. The van der Waals surface area contributed by atoms with E-state index in [1.54, 1.807) is 36.4 Å². The molecule has 3 rings (SSSR count). The van der Waals surface area contributed by atoms with Crippen LogP contribution in [0.5, 0.6) is 34.5 Å². The van der Waals surface area contributed by atoms with Crippen LogP contribution in [0.15, 0.2) is 36.4 Å². The minimum atomic E-state index is -0.511. The van der Waals surface area contributed by atoms with Gasteiger partial charge >= 0.3 is 11.9 Å². The van der Waals surface area contributed by atoms with Gasteiger partial charge < -0.3 is 28.4 Å². The standard InChI is InChI=1S/C24H24O8/c1-13(25)31-20-10-16(15-7-8-19(27-3)21(9-15)28-4)24(32-14(2)26)18-12-23(30-6)22(29-5)11-17(18)20/h7-12H,1-6H3. The lowest BCUT2D eigenvalue weighted by Gasteiger charge is -2.18. The highest BCUT2D eigenvalue weighted by molar-refractivity contribution is 6.03. The van der Waals surface area contributed by atoms with Gasteiger partial charge in [-0.3, -0.25) is 9.59 Å². The minimum absolute atomic E-state index is 0.272. The van der Waals surface area contributed by atoms with E-state index < -0.39 is 11.9 Å². The molecule has 32 heavy (non-hydrogen) atoms. The Bertz CT molecular complexity index is 1180. The number of benzene rings is 3. The van der Waals surface area contributed by atoms with Crippen molar-refractivity contribution >= 4 is 22.7 Å². The molecule has 0 aliphatic carbocycles. The smallest absolute Gasteiger partial charge is 0.308 e. The zero-order valence-electron chi connectivity index (χ0n) is 18.7. The molecule has 8 nitrogen and oxygen atoms in total. The molecule has 0 radical (unpaired) electrons. The van der Waals surface area contributed by atoms with Gasteiger partial charge in [-0.2, -0.15) is 0 Å². The zero-order valence-corrected chi connectivity index (χ0v) is 18.7. The molecule has 3 aromatic rings. The van der Waals surface area contributed by atoms with Crippen LogP contribution in [0.25, 0.3) is 21.9 Å². The van der Waals surface area contributed by atoms with Crippen LogP contribution in [-0.4, -0.2) is 40.4 Å². The van der Waals surface area contributed by atoms with E-state index in [0.29, 0.717) is 44.9 Å².